The van der Waals surface area contributed by atoms with Crippen molar-refractivity contribution in [1.82, 2.24) is 9.88 Å². The largest absolute Gasteiger partial charge is 0.397 e. The summed E-state index contributed by atoms with van der Waals surface area (Å²) >= 11 is 0. The summed E-state index contributed by atoms with van der Waals surface area (Å²) in [7, 11) is 2.16. The minimum Gasteiger partial charge on any atom is -0.397 e. The van der Waals surface area contributed by atoms with Crippen molar-refractivity contribution in [2.24, 2.45) is 0 Å². The minimum absolute atomic E-state index is 0.606. The van der Waals surface area contributed by atoms with Gasteiger partial charge >= 0.3 is 0 Å². The van der Waals surface area contributed by atoms with Crippen LogP contribution in [0.25, 0.3) is 10.9 Å². The van der Waals surface area contributed by atoms with Gasteiger partial charge in [0, 0.05) is 30.7 Å². The maximum absolute atomic E-state index is 6.21. The van der Waals surface area contributed by atoms with E-state index in [9.17, 15) is 0 Å². The molecule has 4 nitrogen and oxygen atoms in total. The molecule has 0 bridgehead atoms. The van der Waals surface area contributed by atoms with Crippen molar-refractivity contribution in [3.63, 3.8) is 0 Å². The molecule has 0 amide bonds. The molecule has 3 N–H and O–H groups in total. The highest BCUT2D eigenvalue weighted by atomic mass is 15.1. The van der Waals surface area contributed by atoms with Gasteiger partial charge in [0.2, 0.25) is 0 Å². The number of nitrogen functional groups attached to an aromatic ring is 1. The summed E-state index contributed by atoms with van der Waals surface area (Å²) in [4.78, 5) is 6.66. The third-order valence-corrected chi connectivity index (χ3v) is 3.95. The molecule has 1 aromatic heterocycles. The molecule has 0 fully saturated rings. The van der Waals surface area contributed by atoms with Gasteiger partial charge in [-0.3, -0.25) is 4.98 Å². The van der Waals surface area contributed by atoms with E-state index in [1.807, 2.05) is 24.3 Å². The molecular weight excluding hydrogens is 248 g/mol. The molecule has 0 saturated carbocycles. The third-order valence-electron chi connectivity index (χ3n) is 3.95. The molecule has 1 heterocycles. The average molecular weight is 272 g/mol. The highest BCUT2D eigenvalue weighted by Gasteiger charge is 2.07. The van der Waals surface area contributed by atoms with Crippen LogP contribution in [0.2, 0.25) is 0 Å². The number of aromatic nitrogens is 1. The molecule has 20 heavy (non-hydrogen) atoms. The van der Waals surface area contributed by atoms with Gasteiger partial charge in [0.25, 0.3) is 0 Å². The molecule has 2 aromatic rings. The number of benzene rings is 1. The summed E-state index contributed by atoms with van der Waals surface area (Å²) in [6.07, 6.45) is 2.95. The molecule has 1 atom stereocenters. The molecule has 2 rings (SSSR count). The molecule has 0 radical (unpaired) electrons. The van der Waals surface area contributed by atoms with Gasteiger partial charge < -0.3 is 16.0 Å². The van der Waals surface area contributed by atoms with E-state index < -0.39 is 0 Å². The summed E-state index contributed by atoms with van der Waals surface area (Å²) in [5.41, 5.74) is 8.91. The average Bonchev–Trinajstić information content (AvgIpc) is 2.48. The van der Waals surface area contributed by atoms with Gasteiger partial charge in [-0.15, -0.1) is 0 Å². The maximum atomic E-state index is 6.21. The van der Waals surface area contributed by atoms with Crippen molar-refractivity contribution in [3.05, 3.63) is 30.5 Å². The Kier molecular flexibility index (Phi) is 4.79. The van der Waals surface area contributed by atoms with E-state index >= 15 is 0 Å². The number of hydrogen-bond acceptors (Lipinski definition) is 4. The number of fused-ring (bicyclic) bond motifs is 1. The Labute approximate surface area is 121 Å². The number of hydrogen-bond donors (Lipinski definition) is 2. The zero-order valence-corrected chi connectivity index (χ0v) is 12.6. The number of pyridine rings is 1. The van der Waals surface area contributed by atoms with Crippen LogP contribution >= 0.6 is 0 Å². The maximum Gasteiger partial charge on any atom is 0.0724 e. The second-order valence-electron chi connectivity index (χ2n) is 5.26. The normalized spacial score (nSPS) is 12.8. The summed E-state index contributed by atoms with van der Waals surface area (Å²) < 4.78 is 0. The predicted molar refractivity (Wildman–Crippen MR) is 87.0 cm³/mol. The zero-order valence-electron chi connectivity index (χ0n) is 12.6. The number of likely N-dealkylation sites (N-methyl/N-ethyl adjacent to an activating group) is 1. The Morgan fingerprint density at radius 2 is 2.15 bits per heavy atom. The highest BCUT2D eigenvalue weighted by Crippen LogP contribution is 2.27. The fourth-order valence-corrected chi connectivity index (χ4v) is 2.23. The van der Waals surface area contributed by atoms with Crippen molar-refractivity contribution >= 4 is 22.3 Å². The lowest BCUT2D eigenvalue weighted by molar-refractivity contribution is 0.261. The third kappa shape index (κ3) is 3.20. The van der Waals surface area contributed by atoms with Crippen LogP contribution in [-0.2, 0) is 0 Å². The number of nitrogens with two attached hydrogens (primary N) is 1. The summed E-state index contributed by atoms with van der Waals surface area (Å²) in [5, 5.41) is 4.43. The summed E-state index contributed by atoms with van der Waals surface area (Å²) in [6, 6.07) is 8.54. The molecule has 108 valence electrons. The molecule has 0 saturated heterocycles. The van der Waals surface area contributed by atoms with Gasteiger partial charge in [0.15, 0.2) is 0 Å². The van der Waals surface area contributed by atoms with Gasteiger partial charge in [-0.05, 0) is 44.7 Å². The van der Waals surface area contributed by atoms with E-state index in [1.165, 1.54) is 6.42 Å². The van der Waals surface area contributed by atoms with Gasteiger partial charge in [-0.1, -0.05) is 6.92 Å². The second-order valence-corrected chi connectivity index (χ2v) is 5.26. The number of nitrogens with zero attached hydrogens (tertiary/aromatic N) is 2. The Morgan fingerprint density at radius 1 is 1.35 bits per heavy atom. The van der Waals surface area contributed by atoms with Gasteiger partial charge in [0.1, 0.15) is 0 Å². The Morgan fingerprint density at radius 3 is 2.90 bits per heavy atom. The van der Waals surface area contributed by atoms with Crippen molar-refractivity contribution in [2.45, 2.75) is 26.3 Å². The van der Waals surface area contributed by atoms with Crippen molar-refractivity contribution in [2.75, 3.05) is 31.2 Å². The van der Waals surface area contributed by atoms with E-state index in [0.29, 0.717) is 6.04 Å². The SMILES string of the molecule is CCC(C)N(C)CCNc1ccc2ncccc2c1N. The van der Waals surface area contributed by atoms with Crippen LogP contribution in [0.3, 0.4) is 0 Å². The Hall–Kier alpha value is -1.81. The van der Waals surface area contributed by atoms with Crippen LogP contribution in [0.1, 0.15) is 20.3 Å². The lowest BCUT2D eigenvalue weighted by Crippen LogP contribution is -2.32. The topological polar surface area (TPSA) is 54.2 Å². The standard InChI is InChI=1S/C16H24N4/c1-4-12(2)20(3)11-10-19-15-8-7-14-13(16(15)17)6-5-9-18-14/h5-9,12,19H,4,10-11,17H2,1-3H3. The smallest absolute Gasteiger partial charge is 0.0724 e. The highest BCUT2D eigenvalue weighted by molar-refractivity contribution is 5.96. The monoisotopic (exact) mass is 272 g/mol. The van der Waals surface area contributed by atoms with Crippen molar-refractivity contribution in [3.8, 4) is 0 Å². The van der Waals surface area contributed by atoms with Crippen LogP contribution < -0.4 is 11.1 Å². The lowest BCUT2D eigenvalue weighted by atomic mass is 10.1. The van der Waals surface area contributed by atoms with E-state index in [-0.39, 0.29) is 0 Å². The summed E-state index contributed by atoms with van der Waals surface area (Å²) in [5.74, 6) is 0. The van der Waals surface area contributed by atoms with Crippen molar-refractivity contribution < 1.29 is 0 Å². The number of rotatable bonds is 6. The second kappa shape index (κ2) is 6.57. The van der Waals surface area contributed by atoms with E-state index in [4.69, 9.17) is 5.73 Å². The van der Waals surface area contributed by atoms with Crippen LogP contribution in [-0.4, -0.2) is 36.1 Å². The molecule has 4 heteroatoms. The first-order chi connectivity index (χ1) is 9.63. The van der Waals surface area contributed by atoms with Gasteiger partial charge in [0.05, 0.1) is 16.9 Å². The Bertz CT molecular complexity index is 567. The fraction of sp³-hybridized carbons (Fsp3) is 0.438. The van der Waals surface area contributed by atoms with E-state index in [0.717, 1.165) is 35.4 Å². The zero-order chi connectivity index (χ0) is 14.5. The fourth-order valence-electron chi connectivity index (χ4n) is 2.23. The molecule has 1 aromatic carbocycles. The van der Waals surface area contributed by atoms with Crippen LogP contribution in [0.15, 0.2) is 30.5 Å². The molecular formula is C16H24N4. The van der Waals surface area contributed by atoms with Crippen LogP contribution in [0.5, 0.6) is 0 Å². The van der Waals surface area contributed by atoms with Gasteiger partial charge in [-0.25, -0.2) is 0 Å². The van der Waals surface area contributed by atoms with Crippen LogP contribution in [0.4, 0.5) is 11.4 Å². The van der Waals surface area contributed by atoms with E-state index in [1.54, 1.807) is 6.20 Å². The number of nitrogens with one attached hydrogen (secondary N) is 1. The first-order valence-corrected chi connectivity index (χ1v) is 7.20. The predicted octanol–water partition coefficient (Wildman–Crippen LogP) is 2.96. The quantitative estimate of drug-likeness (QED) is 0.794. The first-order valence-electron chi connectivity index (χ1n) is 7.20. The lowest BCUT2D eigenvalue weighted by Gasteiger charge is -2.24. The first kappa shape index (κ1) is 14.6. The molecule has 0 aliphatic rings. The summed E-state index contributed by atoms with van der Waals surface area (Å²) in [6.45, 7) is 6.34. The van der Waals surface area contributed by atoms with Crippen LogP contribution in [0, 0.1) is 0 Å². The van der Waals surface area contributed by atoms with Gasteiger partial charge in [-0.2, -0.15) is 0 Å². The Balaban J connectivity index is 2.02. The molecule has 0 aliphatic heterocycles. The minimum atomic E-state index is 0.606. The molecule has 1 unspecified atom stereocenters. The number of anilines is 2. The van der Waals surface area contributed by atoms with Crippen molar-refractivity contribution in [1.29, 1.82) is 0 Å². The molecule has 0 spiro atoms. The van der Waals surface area contributed by atoms with E-state index in [2.05, 4.69) is 36.1 Å². The molecule has 0 aliphatic carbocycles.